The van der Waals surface area contributed by atoms with Gasteiger partial charge in [-0.3, -0.25) is 9.59 Å². The topological polar surface area (TPSA) is 74.8 Å². The molecule has 29 heavy (non-hydrogen) atoms. The van der Waals surface area contributed by atoms with Crippen molar-refractivity contribution in [3.8, 4) is 11.1 Å². The summed E-state index contributed by atoms with van der Waals surface area (Å²) in [6.45, 7) is 3.74. The Kier molecular flexibility index (Phi) is 5.51. The molecule has 0 saturated carbocycles. The lowest BCUT2D eigenvalue weighted by Crippen LogP contribution is -2.23. The molecule has 0 saturated heterocycles. The Morgan fingerprint density at radius 2 is 1.86 bits per heavy atom. The maximum Gasteiger partial charge on any atom is 0.260 e. The lowest BCUT2D eigenvalue weighted by atomic mass is 10.1. The number of thiophene rings is 1. The van der Waals surface area contributed by atoms with Gasteiger partial charge in [0.1, 0.15) is 4.83 Å². The SMILES string of the molecule is Cc1ccccc1NC(=O)C(C)Sc1nc2scc(-c3ccccc3)c2c(=O)[nH]1. The van der Waals surface area contributed by atoms with Crippen LogP contribution < -0.4 is 10.9 Å². The van der Waals surface area contributed by atoms with Gasteiger partial charge in [-0.25, -0.2) is 4.98 Å². The maximum atomic E-state index is 12.7. The van der Waals surface area contributed by atoms with E-state index < -0.39 is 5.25 Å². The lowest BCUT2D eigenvalue weighted by Gasteiger charge is -2.13. The molecule has 0 radical (unpaired) electrons. The summed E-state index contributed by atoms with van der Waals surface area (Å²) in [5, 5.41) is 5.49. The molecule has 2 heterocycles. The number of carbonyl (C=O) groups excluding carboxylic acids is 1. The van der Waals surface area contributed by atoms with Crippen LogP contribution in [-0.2, 0) is 4.79 Å². The monoisotopic (exact) mass is 421 g/mol. The third kappa shape index (κ3) is 4.11. The van der Waals surface area contributed by atoms with E-state index in [9.17, 15) is 9.59 Å². The van der Waals surface area contributed by atoms with E-state index >= 15 is 0 Å². The Hall–Kier alpha value is -2.90. The van der Waals surface area contributed by atoms with Crippen LogP contribution in [-0.4, -0.2) is 21.1 Å². The van der Waals surface area contributed by atoms with Gasteiger partial charge < -0.3 is 10.3 Å². The number of H-pyrrole nitrogens is 1. The molecule has 5 nitrogen and oxygen atoms in total. The Morgan fingerprint density at radius 3 is 2.62 bits per heavy atom. The number of amides is 1. The van der Waals surface area contributed by atoms with Crippen LogP contribution >= 0.6 is 23.1 Å². The van der Waals surface area contributed by atoms with Crippen molar-refractivity contribution in [1.29, 1.82) is 0 Å². The molecular formula is C22H19N3O2S2. The largest absolute Gasteiger partial charge is 0.325 e. The molecule has 0 aliphatic heterocycles. The van der Waals surface area contributed by atoms with Crippen molar-refractivity contribution >= 4 is 44.9 Å². The van der Waals surface area contributed by atoms with Crippen molar-refractivity contribution < 1.29 is 4.79 Å². The Balaban J connectivity index is 1.56. The zero-order valence-corrected chi connectivity index (χ0v) is 17.6. The molecule has 0 bridgehead atoms. The van der Waals surface area contributed by atoms with E-state index in [1.807, 2.05) is 66.9 Å². The zero-order valence-electron chi connectivity index (χ0n) is 15.9. The normalized spacial score (nSPS) is 12.1. The average Bonchev–Trinajstić information content (AvgIpc) is 3.15. The van der Waals surface area contributed by atoms with Gasteiger partial charge in [0.2, 0.25) is 5.91 Å². The number of hydrogen-bond donors (Lipinski definition) is 2. The number of nitrogens with zero attached hydrogens (tertiary/aromatic N) is 1. The number of para-hydroxylation sites is 1. The number of anilines is 1. The van der Waals surface area contributed by atoms with Gasteiger partial charge in [0.25, 0.3) is 5.56 Å². The highest BCUT2D eigenvalue weighted by Gasteiger charge is 2.19. The van der Waals surface area contributed by atoms with Crippen molar-refractivity contribution in [2.45, 2.75) is 24.3 Å². The molecule has 0 fully saturated rings. The van der Waals surface area contributed by atoms with Crippen molar-refractivity contribution in [1.82, 2.24) is 9.97 Å². The molecule has 2 aromatic carbocycles. The van der Waals surface area contributed by atoms with E-state index in [-0.39, 0.29) is 11.5 Å². The van der Waals surface area contributed by atoms with Crippen molar-refractivity contribution in [3.05, 3.63) is 75.9 Å². The Labute approximate surface area is 176 Å². The number of rotatable bonds is 5. The predicted octanol–water partition coefficient (Wildman–Crippen LogP) is 5.08. The fraction of sp³-hybridized carbons (Fsp3) is 0.136. The summed E-state index contributed by atoms with van der Waals surface area (Å²) >= 11 is 2.67. The predicted molar refractivity (Wildman–Crippen MR) is 121 cm³/mol. The number of aromatic amines is 1. The maximum absolute atomic E-state index is 12.7. The summed E-state index contributed by atoms with van der Waals surface area (Å²) in [6, 6.07) is 17.4. The van der Waals surface area contributed by atoms with Gasteiger partial charge in [0, 0.05) is 16.6 Å². The van der Waals surface area contributed by atoms with Gasteiger partial charge in [-0.2, -0.15) is 0 Å². The van der Waals surface area contributed by atoms with Crippen LogP contribution in [0.5, 0.6) is 0 Å². The van der Waals surface area contributed by atoms with Crippen molar-refractivity contribution in [3.63, 3.8) is 0 Å². The van der Waals surface area contributed by atoms with Crippen LogP contribution in [0.25, 0.3) is 21.3 Å². The third-order valence-corrected chi connectivity index (χ3v) is 6.42. The number of aromatic nitrogens is 2. The summed E-state index contributed by atoms with van der Waals surface area (Å²) in [4.78, 5) is 33.4. The molecule has 1 unspecified atom stereocenters. The van der Waals surface area contributed by atoms with E-state index in [2.05, 4.69) is 15.3 Å². The zero-order chi connectivity index (χ0) is 20.4. The number of aryl methyl sites for hydroxylation is 1. The molecule has 0 spiro atoms. The second-order valence-electron chi connectivity index (χ2n) is 6.63. The first-order valence-electron chi connectivity index (χ1n) is 9.13. The first kappa shape index (κ1) is 19.4. The second-order valence-corrected chi connectivity index (χ2v) is 8.82. The summed E-state index contributed by atoms with van der Waals surface area (Å²) in [5.41, 5.74) is 3.45. The molecule has 0 aliphatic rings. The van der Waals surface area contributed by atoms with E-state index in [4.69, 9.17) is 0 Å². The van der Waals surface area contributed by atoms with Crippen LogP contribution in [0.1, 0.15) is 12.5 Å². The summed E-state index contributed by atoms with van der Waals surface area (Å²) in [7, 11) is 0. The van der Waals surface area contributed by atoms with Gasteiger partial charge in [-0.1, -0.05) is 60.3 Å². The highest BCUT2D eigenvalue weighted by Crippen LogP contribution is 2.32. The van der Waals surface area contributed by atoms with E-state index in [0.717, 1.165) is 22.4 Å². The Morgan fingerprint density at radius 1 is 1.14 bits per heavy atom. The van der Waals surface area contributed by atoms with Crippen molar-refractivity contribution in [2.75, 3.05) is 5.32 Å². The van der Waals surface area contributed by atoms with E-state index in [1.165, 1.54) is 23.1 Å². The molecule has 1 amide bonds. The first-order valence-corrected chi connectivity index (χ1v) is 10.9. The van der Waals surface area contributed by atoms with Gasteiger partial charge in [-0.05, 0) is 31.0 Å². The van der Waals surface area contributed by atoms with Crippen molar-refractivity contribution in [2.24, 2.45) is 0 Å². The van der Waals surface area contributed by atoms with Gasteiger partial charge >= 0.3 is 0 Å². The van der Waals surface area contributed by atoms with Gasteiger partial charge in [0.05, 0.1) is 10.6 Å². The van der Waals surface area contributed by atoms with Gasteiger partial charge in [-0.15, -0.1) is 11.3 Å². The number of carbonyl (C=O) groups is 1. The summed E-state index contributed by atoms with van der Waals surface area (Å²) in [5.74, 6) is -0.136. The third-order valence-electron chi connectivity index (χ3n) is 4.57. The van der Waals surface area contributed by atoms with Crippen LogP contribution in [0.3, 0.4) is 0 Å². The van der Waals surface area contributed by atoms with E-state index in [1.54, 1.807) is 6.92 Å². The lowest BCUT2D eigenvalue weighted by molar-refractivity contribution is -0.115. The van der Waals surface area contributed by atoms with Crippen LogP contribution in [0.15, 0.2) is 69.9 Å². The smallest absolute Gasteiger partial charge is 0.260 e. The summed E-state index contributed by atoms with van der Waals surface area (Å²) in [6.07, 6.45) is 0. The van der Waals surface area contributed by atoms with Gasteiger partial charge in [0.15, 0.2) is 5.16 Å². The van der Waals surface area contributed by atoms with Crippen LogP contribution in [0.2, 0.25) is 0 Å². The number of thioether (sulfide) groups is 1. The number of hydrogen-bond acceptors (Lipinski definition) is 5. The first-order chi connectivity index (χ1) is 14.0. The standard InChI is InChI=1S/C22H19N3O2S2/c1-13-8-6-7-11-17(13)23-19(26)14(2)29-22-24-20(27)18-16(12-28-21(18)25-22)15-9-4-3-5-10-15/h3-12,14H,1-2H3,(H,23,26)(H,24,25,27). The van der Waals surface area contributed by atoms with E-state index in [0.29, 0.717) is 15.4 Å². The van der Waals surface area contributed by atoms with Crippen LogP contribution in [0.4, 0.5) is 5.69 Å². The summed E-state index contributed by atoms with van der Waals surface area (Å²) < 4.78 is 0. The molecule has 2 N–H and O–H groups in total. The fourth-order valence-corrected chi connectivity index (χ4v) is 4.79. The number of nitrogens with one attached hydrogen (secondary N) is 2. The highest BCUT2D eigenvalue weighted by molar-refractivity contribution is 8.00. The molecule has 2 aromatic heterocycles. The minimum absolute atomic E-state index is 0.136. The molecule has 4 rings (SSSR count). The molecule has 0 aliphatic carbocycles. The number of benzene rings is 2. The molecular weight excluding hydrogens is 402 g/mol. The molecule has 4 aromatic rings. The average molecular weight is 422 g/mol. The minimum atomic E-state index is -0.413. The highest BCUT2D eigenvalue weighted by atomic mass is 32.2. The fourth-order valence-electron chi connectivity index (χ4n) is 2.98. The minimum Gasteiger partial charge on any atom is -0.325 e. The van der Waals surface area contributed by atoms with Crippen LogP contribution in [0, 0.1) is 6.92 Å². The second kappa shape index (κ2) is 8.23. The molecule has 1 atom stereocenters. The number of fused-ring (bicyclic) bond motifs is 1. The molecule has 146 valence electrons. The Bertz CT molecular complexity index is 1230. The molecule has 7 heteroatoms. The quantitative estimate of drug-likeness (QED) is 0.348.